The van der Waals surface area contributed by atoms with Gasteiger partial charge in [0.05, 0.1) is 5.56 Å². The summed E-state index contributed by atoms with van der Waals surface area (Å²) in [5.74, 6) is -0.134. The third-order valence-corrected chi connectivity index (χ3v) is 5.93. The first-order valence-electron chi connectivity index (χ1n) is 9.29. The largest absolute Gasteiger partial charge is 0.478 e. The number of nitrogens with one attached hydrogen (secondary N) is 1. The van der Waals surface area contributed by atoms with E-state index in [2.05, 4.69) is 5.32 Å². The van der Waals surface area contributed by atoms with Crippen LogP contribution < -0.4 is 10.2 Å². The number of amidine groups is 1. The monoisotopic (exact) mass is 413 g/mol. The van der Waals surface area contributed by atoms with Gasteiger partial charge in [-0.1, -0.05) is 36.9 Å². The highest BCUT2D eigenvalue weighted by Gasteiger charge is 2.49. The van der Waals surface area contributed by atoms with Crippen LogP contribution in [0.1, 0.15) is 42.5 Å². The van der Waals surface area contributed by atoms with Crippen molar-refractivity contribution in [2.24, 2.45) is 4.99 Å². The molecule has 0 aromatic heterocycles. The molecule has 5 nitrogen and oxygen atoms in total. The molecule has 4 rings (SSSR count). The molecule has 0 atom stereocenters. The van der Waals surface area contributed by atoms with Crippen LogP contribution in [-0.2, 0) is 0 Å². The smallest absolute Gasteiger partial charge is 0.335 e. The van der Waals surface area contributed by atoms with E-state index in [-0.39, 0.29) is 11.1 Å². The fraction of sp³-hybridized carbons (Fsp3) is 0.286. The lowest BCUT2D eigenvalue weighted by atomic mass is 9.79. The zero-order valence-electron chi connectivity index (χ0n) is 15.2. The molecule has 0 radical (unpaired) electrons. The lowest BCUT2D eigenvalue weighted by molar-refractivity contribution is 0.0697. The Hall–Kier alpha value is -2.44. The molecule has 7 heteroatoms. The molecule has 0 unspecified atom stereocenters. The van der Waals surface area contributed by atoms with E-state index in [0.717, 1.165) is 42.9 Å². The van der Waals surface area contributed by atoms with Gasteiger partial charge in [-0.05, 0) is 67.5 Å². The molecule has 1 spiro atoms. The van der Waals surface area contributed by atoms with Gasteiger partial charge in [0.25, 0.3) is 0 Å². The molecule has 0 saturated heterocycles. The minimum Gasteiger partial charge on any atom is -0.478 e. The van der Waals surface area contributed by atoms with Gasteiger partial charge in [-0.3, -0.25) is 0 Å². The molecule has 2 aliphatic rings. The predicted octanol–water partition coefficient (Wildman–Crippen LogP) is 5.36. The van der Waals surface area contributed by atoms with E-state index < -0.39 is 5.97 Å². The molecule has 1 fully saturated rings. The summed E-state index contributed by atoms with van der Waals surface area (Å²) in [4.78, 5) is 18.2. The van der Waals surface area contributed by atoms with Crippen molar-refractivity contribution in [3.63, 3.8) is 0 Å². The minimum atomic E-state index is -0.954. The quantitative estimate of drug-likeness (QED) is 0.663. The second-order valence-corrected chi connectivity index (χ2v) is 7.96. The van der Waals surface area contributed by atoms with Crippen molar-refractivity contribution in [3.05, 3.63) is 59.1 Å². The first-order valence-corrected chi connectivity index (χ1v) is 10.1. The number of carbonyl (C=O) groups is 1. The van der Waals surface area contributed by atoms with Crippen LogP contribution in [0.25, 0.3) is 0 Å². The summed E-state index contributed by atoms with van der Waals surface area (Å²) in [6.07, 6.45) is 5.12. The molecular weight excluding hydrogens is 394 g/mol. The number of hydrogen-bond acceptors (Lipinski definition) is 3. The number of aromatic carboxylic acids is 1. The molecule has 1 heterocycles. The summed E-state index contributed by atoms with van der Waals surface area (Å²) in [7, 11) is 0. The SMILES string of the molecule is O=C(O)c1cccc(N2C(=S)N=C(Nc3ccc(Cl)cc3)C23CCCCC3)c1. The van der Waals surface area contributed by atoms with Crippen LogP contribution in [-0.4, -0.2) is 27.6 Å². The number of carboxylic acid groups (broad SMARTS) is 1. The molecule has 28 heavy (non-hydrogen) atoms. The minimum absolute atomic E-state index is 0.241. The maximum atomic E-state index is 11.4. The van der Waals surface area contributed by atoms with E-state index >= 15 is 0 Å². The Balaban J connectivity index is 1.73. The maximum absolute atomic E-state index is 11.4. The van der Waals surface area contributed by atoms with Crippen molar-refractivity contribution in [3.8, 4) is 0 Å². The normalized spacial score (nSPS) is 18.2. The average Bonchev–Trinajstić information content (AvgIpc) is 2.95. The summed E-state index contributed by atoms with van der Waals surface area (Å²) in [5.41, 5.74) is 1.53. The first kappa shape index (κ1) is 18.9. The average molecular weight is 414 g/mol. The van der Waals surface area contributed by atoms with Crippen LogP contribution in [0.5, 0.6) is 0 Å². The zero-order chi connectivity index (χ0) is 19.7. The second-order valence-electron chi connectivity index (χ2n) is 7.16. The number of thiocarbonyl (C=S) groups is 1. The summed E-state index contributed by atoms with van der Waals surface area (Å²) in [5, 5.41) is 14.0. The summed E-state index contributed by atoms with van der Waals surface area (Å²) in [6.45, 7) is 0. The Kier molecular flexibility index (Phi) is 5.08. The predicted molar refractivity (Wildman–Crippen MR) is 117 cm³/mol. The van der Waals surface area contributed by atoms with Crippen LogP contribution in [0.15, 0.2) is 53.5 Å². The lowest BCUT2D eigenvalue weighted by Gasteiger charge is -2.43. The number of benzene rings is 2. The molecule has 1 aliphatic carbocycles. The molecule has 144 valence electrons. The van der Waals surface area contributed by atoms with Crippen molar-refractivity contribution in [2.45, 2.75) is 37.6 Å². The molecule has 0 amide bonds. The van der Waals surface area contributed by atoms with Gasteiger partial charge in [-0.2, -0.15) is 0 Å². The van der Waals surface area contributed by atoms with Gasteiger partial charge in [0.15, 0.2) is 0 Å². The second kappa shape index (κ2) is 7.53. The van der Waals surface area contributed by atoms with Crippen LogP contribution >= 0.6 is 23.8 Å². The Morgan fingerprint density at radius 3 is 2.54 bits per heavy atom. The van der Waals surface area contributed by atoms with Crippen molar-refractivity contribution < 1.29 is 9.90 Å². The van der Waals surface area contributed by atoms with E-state index in [1.807, 2.05) is 35.2 Å². The van der Waals surface area contributed by atoms with E-state index in [0.29, 0.717) is 10.1 Å². The van der Waals surface area contributed by atoms with Crippen molar-refractivity contribution >= 4 is 52.1 Å². The standard InChI is InChI=1S/C21H20ClN3O2S/c22-15-7-9-16(10-8-15)23-19-21(11-2-1-3-12-21)25(20(28)24-19)17-6-4-5-14(13-17)18(26)27/h4-10,13H,1-3,11-12H2,(H,26,27)(H,23,24,28). The zero-order valence-corrected chi connectivity index (χ0v) is 16.8. The lowest BCUT2D eigenvalue weighted by Crippen LogP contribution is -2.55. The molecular formula is C21H20ClN3O2S. The summed E-state index contributed by atoms with van der Waals surface area (Å²) < 4.78 is 0. The molecule has 1 saturated carbocycles. The Morgan fingerprint density at radius 1 is 1.14 bits per heavy atom. The van der Waals surface area contributed by atoms with Crippen LogP contribution in [0.4, 0.5) is 11.4 Å². The summed E-state index contributed by atoms with van der Waals surface area (Å²) in [6, 6.07) is 14.4. The highest BCUT2D eigenvalue weighted by molar-refractivity contribution is 7.80. The number of nitrogens with zero attached hydrogens (tertiary/aromatic N) is 2. The van der Waals surface area contributed by atoms with Gasteiger partial charge in [0, 0.05) is 16.4 Å². The number of rotatable bonds is 3. The van der Waals surface area contributed by atoms with Gasteiger partial charge in [0.2, 0.25) is 5.11 Å². The number of carboxylic acids is 1. The molecule has 2 N–H and O–H groups in total. The van der Waals surface area contributed by atoms with E-state index in [1.54, 1.807) is 18.2 Å². The first-order chi connectivity index (χ1) is 13.5. The van der Waals surface area contributed by atoms with Gasteiger partial charge in [0.1, 0.15) is 11.4 Å². The van der Waals surface area contributed by atoms with Crippen LogP contribution in [0, 0.1) is 0 Å². The molecule has 2 aromatic carbocycles. The van der Waals surface area contributed by atoms with E-state index in [9.17, 15) is 9.90 Å². The number of halogens is 1. The Bertz CT molecular complexity index is 952. The van der Waals surface area contributed by atoms with E-state index in [4.69, 9.17) is 28.8 Å². The third kappa shape index (κ3) is 3.38. The maximum Gasteiger partial charge on any atom is 0.335 e. The van der Waals surface area contributed by atoms with Gasteiger partial charge in [-0.25, -0.2) is 9.79 Å². The van der Waals surface area contributed by atoms with Crippen LogP contribution in [0.3, 0.4) is 0 Å². The Labute approximate surface area is 174 Å². The van der Waals surface area contributed by atoms with Crippen molar-refractivity contribution in [1.29, 1.82) is 0 Å². The molecule has 2 aromatic rings. The topological polar surface area (TPSA) is 64.9 Å². The number of anilines is 2. The molecule has 0 bridgehead atoms. The number of hydrogen-bond donors (Lipinski definition) is 2. The highest BCUT2D eigenvalue weighted by atomic mass is 35.5. The van der Waals surface area contributed by atoms with Crippen LogP contribution in [0.2, 0.25) is 5.02 Å². The fourth-order valence-electron chi connectivity index (χ4n) is 4.09. The number of aliphatic imine (C=N–C) groups is 1. The van der Waals surface area contributed by atoms with Crippen molar-refractivity contribution in [2.75, 3.05) is 10.2 Å². The van der Waals surface area contributed by atoms with Gasteiger partial charge >= 0.3 is 5.97 Å². The fourth-order valence-corrected chi connectivity index (χ4v) is 4.58. The third-order valence-electron chi connectivity index (χ3n) is 5.41. The van der Waals surface area contributed by atoms with E-state index in [1.165, 1.54) is 6.42 Å². The molecule has 1 aliphatic heterocycles. The highest BCUT2D eigenvalue weighted by Crippen LogP contribution is 2.42. The van der Waals surface area contributed by atoms with Gasteiger partial charge in [-0.15, -0.1) is 0 Å². The Morgan fingerprint density at radius 2 is 1.86 bits per heavy atom. The summed E-state index contributed by atoms with van der Waals surface area (Å²) >= 11 is 11.6. The van der Waals surface area contributed by atoms with Crippen molar-refractivity contribution in [1.82, 2.24) is 0 Å². The van der Waals surface area contributed by atoms with Gasteiger partial charge < -0.3 is 15.3 Å².